The van der Waals surface area contributed by atoms with Gasteiger partial charge in [-0.2, -0.15) is 0 Å². The number of ether oxygens (including phenoxy) is 2. The number of nitrogens with zero attached hydrogens (tertiary/aromatic N) is 1. The zero-order chi connectivity index (χ0) is 19.5. The third-order valence-electron chi connectivity index (χ3n) is 4.05. The van der Waals surface area contributed by atoms with Gasteiger partial charge < -0.3 is 14.8 Å². The van der Waals surface area contributed by atoms with Crippen LogP contribution in [0.3, 0.4) is 0 Å². The highest BCUT2D eigenvalue weighted by molar-refractivity contribution is 8.01. The number of rotatable bonds is 6. The van der Waals surface area contributed by atoms with Crippen LogP contribution in [-0.2, 0) is 4.79 Å². The van der Waals surface area contributed by atoms with Crippen LogP contribution in [0.5, 0.6) is 11.5 Å². The Morgan fingerprint density at radius 3 is 2.68 bits per heavy atom. The number of benzene rings is 2. The lowest BCUT2D eigenvalue weighted by atomic mass is 10.1. The van der Waals surface area contributed by atoms with E-state index >= 15 is 0 Å². The van der Waals surface area contributed by atoms with E-state index in [4.69, 9.17) is 9.47 Å². The fourth-order valence-corrected chi connectivity index (χ4v) is 4.35. The molecule has 2 heterocycles. The number of carbonyl (C=O) groups excluding carboxylic acids is 2. The van der Waals surface area contributed by atoms with Crippen LogP contribution in [0.4, 0.5) is 5.69 Å². The quantitative estimate of drug-likeness (QED) is 0.475. The number of anilines is 1. The van der Waals surface area contributed by atoms with Gasteiger partial charge in [-0.05, 0) is 13.0 Å². The van der Waals surface area contributed by atoms with E-state index in [0.29, 0.717) is 22.7 Å². The molecule has 1 aliphatic heterocycles. The minimum atomic E-state index is -0.220. The van der Waals surface area contributed by atoms with Gasteiger partial charge in [0, 0.05) is 22.6 Å². The van der Waals surface area contributed by atoms with E-state index < -0.39 is 0 Å². The number of hydrogen-bond donors (Lipinski definition) is 1. The standard InChI is InChI=1S/C20H16N2O4S2/c1-12(23)14-7-17-18(26-11-25-17)8-15(14)21-19(24)10-28-20-22-16(9-27-20)13-5-3-2-4-6-13/h2-9H,10-11H2,1H3,(H,21,24). The molecule has 1 aliphatic rings. The molecule has 1 amide bonds. The summed E-state index contributed by atoms with van der Waals surface area (Å²) in [6.45, 7) is 1.55. The SMILES string of the molecule is CC(=O)c1cc2c(cc1NC(=O)CSc1nc(-c3ccccc3)cs1)OCO2. The van der Waals surface area contributed by atoms with E-state index in [1.165, 1.54) is 30.0 Å². The van der Waals surface area contributed by atoms with Crippen molar-refractivity contribution in [3.63, 3.8) is 0 Å². The summed E-state index contributed by atoms with van der Waals surface area (Å²) >= 11 is 2.86. The highest BCUT2D eigenvalue weighted by atomic mass is 32.2. The van der Waals surface area contributed by atoms with Crippen molar-refractivity contribution in [1.29, 1.82) is 0 Å². The van der Waals surface area contributed by atoms with E-state index in [9.17, 15) is 9.59 Å². The number of nitrogens with one attached hydrogen (secondary N) is 1. The predicted octanol–water partition coefficient (Wildman–Crippen LogP) is 4.47. The first-order valence-corrected chi connectivity index (χ1v) is 10.3. The molecule has 0 aliphatic carbocycles. The Balaban J connectivity index is 1.42. The molecule has 0 saturated carbocycles. The lowest BCUT2D eigenvalue weighted by molar-refractivity contribution is -0.113. The molecular weight excluding hydrogens is 396 g/mol. The number of hydrogen-bond acceptors (Lipinski definition) is 7. The number of ketones is 1. The molecule has 0 spiro atoms. The first-order chi connectivity index (χ1) is 13.6. The molecule has 0 fully saturated rings. The molecule has 8 heteroatoms. The molecule has 1 aromatic heterocycles. The second kappa shape index (κ2) is 8.04. The Morgan fingerprint density at radius 2 is 1.93 bits per heavy atom. The van der Waals surface area contributed by atoms with E-state index in [2.05, 4.69) is 10.3 Å². The molecule has 0 unspecified atom stereocenters. The Labute approximate surface area is 169 Å². The maximum absolute atomic E-state index is 12.4. The first-order valence-electron chi connectivity index (χ1n) is 8.48. The lowest BCUT2D eigenvalue weighted by Gasteiger charge is -2.10. The summed E-state index contributed by atoms with van der Waals surface area (Å²) < 4.78 is 11.4. The Bertz CT molecular complexity index is 1030. The second-order valence-electron chi connectivity index (χ2n) is 6.01. The molecule has 0 radical (unpaired) electrons. The number of carbonyl (C=O) groups is 2. The number of amides is 1. The Kier molecular flexibility index (Phi) is 5.31. The normalized spacial score (nSPS) is 12.0. The summed E-state index contributed by atoms with van der Waals surface area (Å²) in [5, 5.41) is 4.76. The molecule has 0 bridgehead atoms. The van der Waals surface area contributed by atoms with Crippen molar-refractivity contribution in [1.82, 2.24) is 4.98 Å². The average molecular weight is 412 g/mol. The molecule has 1 N–H and O–H groups in total. The molecule has 28 heavy (non-hydrogen) atoms. The van der Waals surface area contributed by atoms with E-state index in [1.807, 2.05) is 35.7 Å². The Morgan fingerprint density at radius 1 is 1.18 bits per heavy atom. The van der Waals surface area contributed by atoms with Crippen molar-refractivity contribution in [2.75, 3.05) is 17.9 Å². The topological polar surface area (TPSA) is 77.5 Å². The zero-order valence-electron chi connectivity index (χ0n) is 14.9. The predicted molar refractivity (Wildman–Crippen MR) is 109 cm³/mol. The minimum Gasteiger partial charge on any atom is -0.454 e. The highest BCUT2D eigenvalue weighted by Crippen LogP contribution is 2.37. The monoisotopic (exact) mass is 412 g/mol. The number of Topliss-reactive ketones (excluding diaryl/α,β-unsaturated/α-hetero) is 1. The van der Waals surface area contributed by atoms with Crippen molar-refractivity contribution < 1.29 is 19.1 Å². The zero-order valence-corrected chi connectivity index (χ0v) is 16.6. The van der Waals surface area contributed by atoms with Crippen molar-refractivity contribution in [3.8, 4) is 22.8 Å². The van der Waals surface area contributed by atoms with Crippen molar-refractivity contribution in [3.05, 3.63) is 53.4 Å². The fraction of sp³-hybridized carbons (Fsp3) is 0.150. The summed E-state index contributed by atoms with van der Waals surface area (Å²) in [5.74, 6) is 0.832. The fourth-order valence-electron chi connectivity index (χ4n) is 2.72. The summed E-state index contributed by atoms with van der Waals surface area (Å²) in [6.07, 6.45) is 0. The third kappa shape index (κ3) is 4.02. The van der Waals surface area contributed by atoms with Gasteiger partial charge in [0.25, 0.3) is 0 Å². The molecule has 0 atom stereocenters. The minimum absolute atomic E-state index is 0.105. The van der Waals surface area contributed by atoms with Crippen LogP contribution in [0.2, 0.25) is 0 Å². The summed E-state index contributed by atoms with van der Waals surface area (Å²) in [4.78, 5) is 28.9. The van der Waals surface area contributed by atoms with Crippen LogP contribution >= 0.6 is 23.1 Å². The van der Waals surface area contributed by atoms with Gasteiger partial charge in [-0.25, -0.2) is 4.98 Å². The van der Waals surface area contributed by atoms with Gasteiger partial charge in [0.05, 0.1) is 17.1 Å². The highest BCUT2D eigenvalue weighted by Gasteiger charge is 2.20. The van der Waals surface area contributed by atoms with Gasteiger partial charge in [0.2, 0.25) is 12.7 Å². The van der Waals surface area contributed by atoms with Gasteiger partial charge in [-0.1, -0.05) is 42.1 Å². The molecule has 0 saturated heterocycles. The molecule has 2 aromatic carbocycles. The maximum atomic E-state index is 12.4. The summed E-state index contributed by atoms with van der Waals surface area (Å²) in [6, 6.07) is 13.1. The van der Waals surface area contributed by atoms with Crippen molar-refractivity contribution in [2.24, 2.45) is 0 Å². The van der Waals surface area contributed by atoms with Gasteiger partial charge in [0.15, 0.2) is 21.6 Å². The molecular formula is C20H16N2O4S2. The third-order valence-corrected chi connectivity index (χ3v) is 6.07. The summed E-state index contributed by atoms with van der Waals surface area (Å²) in [7, 11) is 0. The lowest BCUT2D eigenvalue weighted by Crippen LogP contribution is -2.16. The van der Waals surface area contributed by atoms with Crippen molar-refractivity contribution in [2.45, 2.75) is 11.3 Å². The first kappa shape index (κ1) is 18.5. The van der Waals surface area contributed by atoms with Crippen molar-refractivity contribution >= 4 is 40.5 Å². The van der Waals surface area contributed by atoms with Gasteiger partial charge in [-0.3, -0.25) is 9.59 Å². The number of thioether (sulfide) groups is 1. The smallest absolute Gasteiger partial charge is 0.234 e. The molecule has 4 rings (SSSR count). The van der Waals surface area contributed by atoms with Gasteiger partial charge in [-0.15, -0.1) is 11.3 Å². The number of aromatic nitrogens is 1. The maximum Gasteiger partial charge on any atom is 0.234 e. The van der Waals surface area contributed by atoms with Crippen LogP contribution in [0.25, 0.3) is 11.3 Å². The summed E-state index contributed by atoms with van der Waals surface area (Å²) in [5.41, 5.74) is 2.75. The number of fused-ring (bicyclic) bond motifs is 1. The van der Waals surface area contributed by atoms with E-state index in [1.54, 1.807) is 12.1 Å². The molecule has 6 nitrogen and oxygen atoms in total. The second-order valence-corrected chi connectivity index (χ2v) is 8.09. The van der Waals surface area contributed by atoms with Crippen LogP contribution in [0.15, 0.2) is 52.2 Å². The molecule has 142 valence electrons. The molecule has 3 aromatic rings. The van der Waals surface area contributed by atoms with E-state index in [0.717, 1.165) is 15.6 Å². The van der Waals surface area contributed by atoms with Gasteiger partial charge in [0.1, 0.15) is 0 Å². The van der Waals surface area contributed by atoms with Crippen LogP contribution in [0, 0.1) is 0 Å². The van der Waals surface area contributed by atoms with Crippen LogP contribution < -0.4 is 14.8 Å². The Hall–Kier alpha value is -2.84. The number of thiazole rings is 1. The average Bonchev–Trinajstić information content (AvgIpc) is 3.35. The largest absolute Gasteiger partial charge is 0.454 e. The van der Waals surface area contributed by atoms with E-state index in [-0.39, 0.29) is 24.2 Å². The van der Waals surface area contributed by atoms with Crippen LogP contribution in [0.1, 0.15) is 17.3 Å². The van der Waals surface area contributed by atoms with Crippen LogP contribution in [-0.4, -0.2) is 29.2 Å². The van der Waals surface area contributed by atoms with Gasteiger partial charge >= 0.3 is 0 Å².